The molecule has 0 aromatic heterocycles. The van der Waals surface area contributed by atoms with E-state index in [1.165, 1.54) is 6.92 Å². The highest BCUT2D eigenvalue weighted by Gasteiger charge is 2.21. The van der Waals surface area contributed by atoms with E-state index in [2.05, 4.69) is 0 Å². The van der Waals surface area contributed by atoms with E-state index < -0.39 is 25.9 Å². The topological polar surface area (TPSA) is 104 Å². The first-order valence-corrected chi connectivity index (χ1v) is 4.61. The summed E-state index contributed by atoms with van der Waals surface area (Å²) in [6, 6.07) is -0.604. The van der Waals surface area contributed by atoms with Crippen LogP contribution in [0, 0.1) is 0 Å². The van der Waals surface area contributed by atoms with Gasteiger partial charge in [0, 0.05) is 6.04 Å². The summed E-state index contributed by atoms with van der Waals surface area (Å²) in [5.41, 5.74) is 5.15. The van der Waals surface area contributed by atoms with Crippen molar-refractivity contribution >= 4 is 7.60 Å². The van der Waals surface area contributed by atoms with Crippen LogP contribution in [0.1, 0.15) is 6.92 Å². The van der Waals surface area contributed by atoms with Gasteiger partial charge in [0.1, 0.15) is 0 Å². The number of hydrogen-bond acceptors (Lipinski definition) is 3. The van der Waals surface area contributed by atoms with Crippen LogP contribution in [0.3, 0.4) is 0 Å². The van der Waals surface area contributed by atoms with Crippen molar-refractivity contribution in [3.05, 3.63) is 0 Å². The largest absolute Gasteiger partial charge is 0.391 e. The predicted molar refractivity (Wildman–Crippen MR) is 36.6 cm³/mol. The number of aliphatic hydroxyl groups excluding tert-OH is 1. The Morgan fingerprint density at radius 2 is 2.00 bits per heavy atom. The van der Waals surface area contributed by atoms with Gasteiger partial charge in [-0.15, -0.1) is 0 Å². The molecule has 0 bridgehead atoms. The Bertz CT molecular complexity index is 142. The molecular weight excluding hydrogens is 157 g/mol. The van der Waals surface area contributed by atoms with Gasteiger partial charge in [0.25, 0.3) is 0 Å². The molecule has 62 valence electrons. The monoisotopic (exact) mass is 169 g/mol. The van der Waals surface area contributed by atoms with Gasteiger partial charge in [-0.05, 0) is 6.92 Å². The number of nitrogens with two attached hydrogens (primary N) is 1. The van der Waals surface area contributed by atoms with Crippen LogP contribution in [-0.4, -0.2) is 33.2 Å². The quantitative estimate of drug-likeness (QED) is 0.400. The van der Waals surface area contributed by atoms with Crippen LogP contribution < -0.4 is 5.73 Å². The minimum absolute atomic E-state index is 0.565. The van der Waals surface area contributed by atoms with Gasteiger partial charge in [0.15, 0.2) is 0 Å². The zero-order valence-corrected chi connectivity index (χ0v) is 6.53. The molecule has 0 aliphatic carbocycles. The minimum atomic E-state index is -4.11. The summed E-state index contributed by atoms with van der Waals surface area (Å²) in [5, 5.41) is 8.84. The number of rotatable bonds is 3. The van der Waals surface area contributed by atoms with E-state index in [0.717, 1.165) is 0 Å². The fraction of sp³-hybridized carbons (Fsp3) is 1.00. The summed E-state index contributed by atoms with van der Waals surface area (Å²) >= 11 is 0. The number of hydrogen-bond donors (Lipinski definition) is 4. The van der Waals surface area contributed by atoms with Gasteiger partial charge in [-0.1, -0.05) is 0 Å². The first kappa shape index (κ1) is 10.1. The van der Waals surface area contributed by atoms with Gasteiger partial charge in [-0.25, -0.2) is 0 Å². The Balaban J connectivity index is 3.80. The predicted octanol–water partition coefficient (Wildman–Crippen LogP) is -1.13. The molecule has 0 rings (SSSR count). The highest BCUT2D eigenvalue weighted by molar-refractivity contribution is 7.51. The highest BCUT2D eigenvalue weighted by atomic mass is 31.2. The maximum absolute atomic E-state index is 10.2. The molecule has 0 radical (unpaired) electrons. The molecule has 0 saturated heterocycles. The Hall–Kier alpha value is 0.0700. The third kappa shape index (κ3) is 4.90. The second kappa shape index (κ2) is 3.46. The Morgan fingerprint density at radius 1 is 1.60 bits per heavy atom. The van der Waals surface area contributed by atoms with Gasteiger partial charge in [0.2, 0.25) is 0 Å². The summed E-state index contributed by atoms with van der Waals surface area (Å²) in [7, 11) is -4.11. The summed E-state index contributed by atoms with van der Waals surface area (Å²) in [4.78, 5) is 16.7. The zero-order chi connectivity index (χ0) is 8.36. The van der Waals surface area contributed by atoms with E-state index in [1.807, 2.05) is 0 Å². The maximum Gasteiger partial charge on any atom is 0.328 e. The molecule has 0 heterocycles. The average molecular weight is 169 g/mol. The SMILES string of the molecule is CC(N)C(O)CP(=O)(O)O. The van der Waals surface area contributed by atoms with Crippen molar-refractivity contribution < 1.29 is 19.5 Å². The molecule has 0 spiro atoms. The van der Waals surface area contributed by atoms with Crippen molar-refractivity contribution in [1.82, 2.24) is 0 Å². The Morgan fingerprint density at radius 3 is 2.10 bits per heavy atom. The molecule has 0 aliphatic heterocycles. The molecule has 10 heavy (non-hydrogen) atoms. The lowest BCUT2D eigenvalue weighted by Crippen LogP contribution is -2.34. The van der Waals surface area contributed by atoms with Crippen molar-refractivity contribution in [2.24, 2.45) is 5.73 Å². The second-order valence-corrected chi connectivity index (χ2v) is 3.97. The van der Waals surface area contributed by atoms with Crippen molar-refractivity contribution in [3.63, 3.8) is 0 Å². The molecule has 2 unspecified atom stereocenters. The highest BCUT2D eigenvalue weighted by Crippen LogP contribution is 2.35. The molecule has 5 nitrogen and oxygen atoms in total. The lowest BCUT2D eigenvalue weighted by atomic mass is 10.2. The molecule has 0 aromatic carbocycles. The van der Waals surface area contributed by atoms with Gasteiger partial charge >= 0.3 is 7.60 Å². The smallest absolute Gasteiger partial charge is 0.328 e. The van der Waals surface area contributed by atoms with Crippen LogP contribution in [0.15, 0.2) is 0 Å². The van der Waals surface area contributed by atoms with Crippen LogP contribution in [-0.2, 0) is 4.57 Å². The third-order valence-electron chi connectivity index (χ3n) is 1.03. The Labute approximate surface area is 59.0 Å². The molecule has 0 fully saturated rings. The van der Waals surface area contributed by atoms with Crippen molar-refractivity contribution in [2.75, 3.05) is 6.16 Å². The standard InChI is InChI=1S/C4H12NO4P/c1-3(5)4(6)2-10(7,8)9/h3-4,6H,2,5H2,1H3,(H2,7,8,9). The summed E-state index contributed by atoms with van der Waals surface area (Å²) in [6.45, 7) is 1.49. The minimum Gasteiger partial charge on any atom is -0.391 e. The molecule has 0 amide bonds. The lowest BCUT2D eigenvalue weighted by Gasteiger charge is -2.14. The number of aliphatic hydroxyl groups is 1. The third-order valence-corrected chi connectivity index (χ3v) is 1.88. The van der Waals surface area contributed by atoms with Crippen molar-refractivity contribution in [3.8, 4) is 0 Å². The van der Waals surface area contributed by atoms with Crippen molar-refractivity contribution in [1.29, 1.82) is 0 Å². The molecular formula is C4H12NO4P. The van der Waals surface area contributed by atoms with E-state index in [-0.39, 0.29) is 0 Å². The first-order valence-electron chi connectivity index (χ1n) is 2.81. The van der Waals surface area contributed by atoms with Gasteiger partial charge < -0.3 is 20.6 Å². The van der Waals surface area contributed by atoms with E-state index in [9.17, 15) is 4.57 Å². The van der Waals surface area contributed by atoms with Crippen LogP contribution in [0.4, 0.5) is 0 Å². The van der Waals surface area contributed by atoms with Crippen LogP contribution in [0.5, 0.6) is 0 Å². The van der Waals surface area contributed by atoms with Gasteiger partial charge in [-0.3, -0.25) is 4.57 Å². The molecule has 5 N–H and O–H groups in total. The summed E-state index contributed by atoms with van der Waals surface area (Å²) < 4.78 is 10.2. The van der Waals surface area contributed by atoms with Gasteiger partial charge in [-0.2, -0.15) is 0 Å². The van der Waals surface area contributed by atoms with Crippen LogP contribution in [0.25, 0.3) is 0 Å². The van der Waals surface area contributed by atoms with Crippen LogP contribution >= 0.6 is 7.60 Å². The van der Waals surface area contributed by atoms with Crippen molar-refractivity contribution in [2.45, 2.75) is 19.1 Å². The molecule has 6 heteroatoms. The van der Waals surface area contributed by atoms with E-state index in [4.69, 9.17) is 20.6 Å². The summed E-state index contributed by atoms with van der Waals surface area (Å²) in [6.07, 6.45) is -1.69. The fourth-order valence-corrected chi connectivity index (χ4v) is 1.23. The molecule has 2 atom stereocenters. The van der Waals surface area contributed by atoms with E-state index in [1.54, 1.807) is 0 Å². The van der Waals surface area contributed by atoms with E-state index in [0.29, 0.717) is 0 Å². The second-order valence-electron chi connectivity index (χ2n) is 2.27. The first-order chi connectivity index (χ1) is 4.33. The normalized spacial score (nSPS) is 18.5. The average Bonchev–Trinajstić information content (AvgIpc) is 1.60. The molecule has 0 aromatic rings. The molecule has 0 aliphatic rings. The van der Waals surface area contributed by atoms with E-state index >= 15 is 0 Å². The maximum atomic E-state index is 10.2. The van der Waals surface area contributed by atoms with Gasteiger partial charge in [0.05, 0.1) is 12.3 Å². The lowest BCUT2D eigenvalue weighted by molar-refractivity contribution is 0.165. The Kier molecular flexibility index (Phi) is 3.48. The fourth-order valence-electron chi connectivity index (χ4n) is 0.410. The zero-order valence-electron chi connectivity index (χ0n) is 5.64. The molecule has 0 saturated carbocycles. The summed E-state index contributed by atoms with van der Waals surface area (Å²) in [5.74, 6) is 0. The van der Waals surface area contributed by atoms with Crippen LogP contribution in [0.2, 0.25) is 0 Å².